The number of amides is 2. The number of hydrogen-bond acceptors (Lipinski definition) is 7. The number of piperidine rings is 1. The summed E-state index contributed by atoms with van der Waals surface area (Å²) >= 11 is 0. The Balaban J connectivity index is 0.00000484. The maximum Gasteiger partial charge on any atom is 0.421 e. The third-order valence-electron chi connectivity index (χ3n) is 7.80. The van der Waals surface area contributed by atoms with E-state index in [2.05, 4.69) is 37.9 Å². The molecule has 232 valence electrons. The van der Waals surface area contributed by atoms with Gasteiger partial charge in [-0.05, 0) is 89.9 Å². The van der Waals surface area contributed by atoms with Gasteiger partial charge in [-0.25, -0.2) is 4.98 Å². The van der Waals surface area contributed by atoms with Crippen molar-refractivity contribution in [1.29, 1.82) is 0 Å². The molecule has 2 fully saturated rings. The summed E-state index contributed by atoms with van der Waals surface area (Å²) in [4.78, 5) is 37.6. The molecule has 1 aliphatic heterocycles. The molecule has 4 rings (SSSR count). The summed E-state index contributed by atoms with van der Waals surface area (Å²) in [5.74, 6) is -0.632. The Kier molecular flexibility index (Phi) is 11.2. The fraction of sp³-hybridized carbons (Fsp3) is 0.600. The number of alkyl halides is 3. The highest BCUT2D eigenvalue weighted by Crippen LogP contribution is 2.37. The number of nitrogens with zero attached hydrogens (tertiary/aromatic N) is 4. The van der Waals surface area contributed by atoms with Crippen LogP contribution < -0.4 is 16.0 Å². The number of benzene rings is 1. The summed E-state index contributed by atoms with van der Waals surface area (Å²) in [5, 5.41) is 8.68. The molecule has 1 aromatic heterocycles. The molecule has 2 aromatic rings. The Morgan fingerprint density at radius 2 is 1.76 bits per heavy atom. The van der Waals surface area contributed by atoms with E-state index in [1.807, 2.05) is 13.8 Å². The van der Waals surface area contributed by atoms with Crippen LogP contribution in [0.2, 0.25) is 0 Å². The molecular weight excluding hydrogens is 547 g/mol. The van der Waals surface area contributed by atoms with Crippen molar-refractivity contribution < 1.29 is 22.8 Å². The van der Waals surface area contributed by atoms with Crippen molar-refractivity contribution in [3.05, 3.63) is 41.6 Å². The smallest absolute Gasteiger partial charge is 0.366 e. The number of hydrogen-bond donors (Lipinski definition) is 3. The van der Waals surface area contributed by atoms with Crippen LogP contribution in [0.5, 0.6) is 0 Å². The SMILES string of the molecule is C.CC(C)NC(=O)[C@H]1CCC[C@H]1Nc1nc(Nc2ccc(C(=O)N(C)CC3CCN(C)CC3)cc2)ncc1C(F)(F)F. The lowest BCUT2D eigenvalue weighted by Gasteiger charge is -2.31. The van der Waals surface area contributed by atoms with Crippen LogP contribution in [0.15, 0.2) is 30.5 Å². The van der Waals surface area contributed by atoms with Crippen molar-refractivity contribution in [3.63, 3.8) is 0 Å². The van der Waals surface area contributed by atoms with Crippen LogP contribution in [0, 0.1) is 11.8 Å². The summed E-state index contributed by atoms with van der Waals surface area (Å²) < 4.78 is 41.4. The molecule has 1 aromatic carbocycles. The molecule has 1 aliphatic carbocycles. The number of carbonyl (C=O) groups excluding carboxylic acids is 2. The average Bonchev–Trinajstić information content (AvgIpc) is 3.37. The van der Waals surface area contributed by atoms with E-state index in [0.29, 0.717) is 36.6 Å². The minimum Gasteiger partial charge on any atom is -0.366 e. The molecule has 2 amide bonds. The van der Waals surface area contributed by atoms with Gasteiger partial charge in [-0.3, -0.25) is 9.59 Å². The molecule has 2 aliphatic rings. The first kappa shape index (κ1) is 33.1. The zero-order valence-corrected chi connectivity index (χ0v) is 24.1. The maximum absolute atomic E-state index is 13.8. The van der Waals surface area contributed by atoms with Gasteiger partial charge in [0, 0.05) is 43.1 Å². The Labute approximate surface area is 246 Å². The summed E-state index contributed by atoms with van der Waals surface area (Å²) in [6.45, 7) is 6.45. The minimum atomic E-state index is -4.67. The third kappa shape index (κ3) is 8.56. The molecule has 1 saturated heterocycles. The maximum atomic E-state index is 13.8. The first-order valence-corrected chi connectivity index (χ1v) is 14.2. The molecule has 9 nitrogen and oxygen atoms in total. The van der Waals surface area contributed by atoms with Gasteiger partial charge in [0.1, 0.15) is 11.4 Å². The number of aromatic nitrogens is 2. The second kappa shape index (κ2) is 14.2. The van der Waals surface area contributed by atoms with E-state index in [1.165, 1.54) is 0 Å². The molecule has 0 bridgehead atoms. The highest BCUT2D eigenvalue weighted by Gasteiger charge is 2.39. The van der Waals surface area contributed by atoms with Gasteiger partial charge in [0.25, 0.3) is 5.91 Å². The van der Waals surface area contributed by atoms with Gasteiger partial charge < -0.3 is 25.8 Å². The molecule has 42 heavy (non-hydrogen) atoms. The molecule has 12 heteroatoms. The first-order valence-electron chi connectivity index (χ1n) is 14.2. The molecule has 2 atom stereocenters. The van der Waals surface area contributed by atoms with Gasteiger partial charge in [0.05, 0.1) is 5.92 Å². The molecule has 0 spiro atoms. The zero-order chi connectivity index (χ0) is 29.7. The molecule has 2 heterocycles. The van der Waals surface area contributed by atoms with Gasteiger partial charge in [0.2, 0.25) is 11.9 Å². The molecular formula is C30H44F3N7O2. The highest BCUT2D eigenvalue weighted by molar-refractivity contribution is 5.94. The predicted octanol–water partition coefficient (Wildman–Crippen LogP) is 5.39. The fourth-order valence-electron chi connectivity index (χ4n) is 5.53. The first-order chi connectivity index (χ1) is 19.4. The Bertz CT molecular complexity index is 1200. The van der Waals surface area contributed by atoms with Crippen LogP contribution in [0.3, 0.4) is 0 Å². The van der Waals surface area contributed by atoms with Crippen LogP contribution in [0.4, 0.5) is 30.6 Å². The van der Waals surface area contributed by atoms with Crippen LogP contribution >= 0.6 is 0 Å². The number of nitrogens with one attached hydrogen (secondary N) is 3. The second-order valence-corrected chi connectivity index (χ2v) is 11.5. The normalized spacial score (nSPS) is 19.7. The number of rotatable bonds is 9. The zero-order valence-electron chi connectivity index (χ0n) is 24.1. The van der Waals surface area contributed by atoms with E-state index in [9.17, 15) is 22.8 Å². The standard InChI is InChI=1S/C29H40F3N7O2.CH4/c1-18(2)34-26(40)22-6-5-7-24(22)36-25-23(29(30,31)32)16-33-28(37-25)35-21-10-8-20(9-11-21)27(41)39(4)17-19-12-14-38(3)15-13-19;/h8-11,16,18-19,22,24H,5-7,12-15,17H2,1-4H3,(H,34,40)(H2,33,35,36,37);1H4/t22-,24+;/m0./s1. The van der Waals surface area contributed by atoms with Gasteiger partial charge in [-0.15, -0.1) is 0 Å². The molecule has 3 N–H and O–H groups in total. The lowest BCUT2D eigenvalue weighted by atomic mass is 9.96. The van der Waals surface area contributed by atoms with Crippen molar-refractivity contribution in [3.8, 4) is 0 Å². The van der Waals surface area contributed by atoms with E-state index in [0.717, 1.165) is 38.5 Å². The van der Waals surface area contributed by atoms with Gasteiger partial charge >= 0.3 is 6.18 Å². The van der Waals surface area contributed by atoms with E-state index >= 15 is 0 Å². The average molecular weight is 592 g/mol. The largest absolute Gasteiger partial charge is 0.421 e. The lowest BCUT2D eigenvalue weighted by molar-refractivity contribution is -0.137. The van der Waals surface area contributed by atoms with Crippen molar-refractivity contribution in [2.75, 3.05) is 44.4 Å². The Morgan fingerprint density at radius 3 is 2.38 bits per heavy atom. The van der Waals surface area contributed by atoms with Crippen LogP contribution in [0.1, 0.15) is 69.3 Å². The molecule has 0 radical (unpaired) electrons. The van der Waals surface area contributed by atoms with Gasteiger partial charge in [-0.2, -0.15) is 18.2 Å². The van der Waals surface area contributed by atoms with Crippen molar-refractivity contribution in [2.45, 2.75) is 71.6 Å². The number of likely N-dealkylation sites (tertiary alicyclic amines) is 1. The van der Waals surface area contributed by atoms with Crippen molar-refractivity contribution in [2.24, 2.45) is 11.8 Å². The minimum absolute atomic E-state index is 0. The molecule has 1 saturated carbocycles. The van der Waals surface area contributed by atoms with Gasteiger partial charge in [-0.1, -0.05) is 13.8 Å². The Hall–Kier alpha value is -3.41. The predicted molar refractivity (Wildman–Crippen MR) is 159 cm³/mol. The van der Waals surface area contributed by atoms with Crippen LogP contribution in [-0.2, 0) is 11.0 Å². The second-order valence-electron chi connectivity index (χ2n) is 11.5. The van der Waals surface area contributed by atoms with E-state index in [4.69, 9.17) is 0 Å². The topological polar surface area (TPSA) is 102 Å². The number of halogens is 3. The number of anilines is 3. The van der Waals surface area contributed by atoms with E-state index in [-0.39, 0.29) is 37.0 Å². The summed E-state index contributed by atoms with van der Waals surface area (Å²) in [5.41, 5.74) is 0.0560. The number of carbonyl (C=O) groups is 2. The van der Waals surface area contributed by atoms with Crippen LogP contribution in [-0.4, -0.2) is 77.4 Å². The monoisotopic (exact) mass is 591 g/mol. The Morgan fingerprint density at radius 1 is 1.10 bits per heavy atom. The van der Waals surface area contributed by atoms with Crippen LogP contribution in [0.25, 0.3) is 0 Å². The lowest BCUT2D eigenvalue weighted by Crippen LogP contribution is -2.41. The third-order valence-corrected chi connectivity index (χ3v) is 7.80. The quantitative estimate of drug-likeness (QED) is 0.359. The van der Waals surface area contributed by atoms with E-state index < -0.39 is 23.7 Å². The fourth-order valence-corrected chi connectivity index (χ4v) is 5.53. The van der Waals surface area contributed by atoms with E-state index in [1.54, 1.807) is 36.2 Å². The van der Waals surface area contributed by atoms with Gasteiger partial charge in [0.15, 0.2) is 0 Å². The van der Waals surface area contributed by atoms with Crippen molar-refractivity contribution >= 4 is 29.3 Å². The molecule has 0 unspecified atom stereocenters. The van der Waals surface area contributed by atoms with Crippen molar-refractivity contribution in [1.82, 2.24) is 25.1 Å². The highest BCUT2D eigenvalue weighted by atomic mass is 19.4. The summed E-state index contributed by atoms with van der Waals surface area (Å²) in [7, 11) is 3.91. The summed E-state index contributed by atoms with van der Waals surface area (Å²) in [6.07, 6.45) is 0.0705. The summed E-state index contributed by atoms with van der Waals surface area (Å²) in [6, 6.07) is 6.16.